The second-order valence-electron chi connectivity index (χ2n) is 3.42. The lowest BCUT2D eigenvalue weighted by Gasteiger charge is -2.34. The average Bonchev–Trinajstić information content (AvgIpc) is 2.00. The number of anilines is 2. The van der Waals surface area contributed by atoms with Crippen LogP contribution in [0.4, 0.5) is 11.4 Å². The van der Waals surface area contributed by atoms with Crippen LogP contribution in [0.2, 0.25) is 0 Å². The Morgan fingerprint density at radius 1 is 1.43 bits per heavy atom. The Kier molecular flexibility index (Phi) is 2.04. The molecule has 74 valence electrons. The smallest absolute Gasteiger partial charge is 0.337 e. The molecule has 4 nitrogen and oxygen atoms in total. The van der Waals surface area contributed by atoms with Gasteiger partial charge in [0.1, 0.15) is 0 Å². The second-order valence-corrected chi connectivity index (χ2v) is 3.42. The van der Waals surface area contributed by atoms with Gasteiger partial charge in [-0.1, -0.05) is 0 Å². The Morgan fingerprint density at radius 3 is 2.64 bits per heavy atom. The van der Waals surface area contributed by atoms with Gasteiger partial charge in [-0.05, 0) is 24.6 Å². The molecular formula is C10H12N2O2. The molecule has 14 heavy (non-hydrogen) atoms. The predicted octanol–water partition coefficient (Wildman–Crippen LogP) is 1.18. The van der Waals surface area contributed by atoms with E-state index in [2.05, 4.69) is 0 Å². The number of carboxylic acids is 1. The number of aromatic carboxylic acids is 1. The number of nitrogen functional groups attached to an aromatic ring is 1. The van der Waals surface area contributed by atoms with Crippen LogP contribution >= 0.6 is 0 Å². The molecule has 1 heterocycles. The largest absolute Gasteiger partial charge is 0.478 e. The molecule has 0 amide bonds. The summed E-state index contributed by atoms with van der Waals surface area (Å²) in [6.45, 7) is 1.84. The van der Waals surface area contributed by atoms with Crippen molar-refractivity contribution in [3.8, 4) is 0 Å². The first-order valence-corrected chi connectivity index (χ1v) is 4.56. The summed E-state index contributed by atoms with van der Waals surface area (Å²) in [6, 6.07) is 4.90. The minimum atomic E-state index is -0.896. The average molecular weight is 192 g/mol. The summed E-state index contributed by atoms with van der Waals surface area (Å²) in [5.74, 6) is -0.896. The zero-order valence-electron chi connectivity index (χ0n) is 7.73. The molecule has 0 bridgehead atoms. The van der Waals surface area contributed by atoms with Crippen LogP contribution in [0.25, 0.3) is 0 Å². The fourth-order valence-corrected chi connectivity index (χ4v) is 1.55. The van der Waals surface area contributed by atoms with Crippen LogP contribution in [0.3, 0.4) is 0 Å². The van der Waals surface area contributed by atoms with Crippen LogP contribution in [0.5, 0.6) is 0 Å². The number of carbonyl (C=O) groups is 1. The fourth-order valence-electron chi connectivity index (χ4n) is 1.55. The van der Waals surface area contributed by atoms with Crippen molar-refractivity contribution in [1.29, 1.82) is 0 Å². The van der Waals surface area contributed by atoms with Crippen molar-refractivity contribution in [2.24, 2.45) is 0 Å². The number of nitrogens with two attached hydrogens (primary N) is 1. The van der Waals surface area contributed by atoms with Gasteiger partial charge in [-0.25, -0.2) is 4.79 Å². The van der Waals surface area contributed by atoms with Crippen molar-refractivity contribution in [1.82, 2.24) is 0 Å². The third-order valence-electron chi connectivity index (χ3n) is 2.45. The summed E-state index contributed by atoms with van der Waals surface area (Å²) < 4.78 is 0. The number of nitrogens with zero attached hydrogens (tertiary/aromatic N) is 1. The van der Waals surface area contributed by atoms with Gasteiger partial charge in [-0.3, -0.25) is 0 Å². The minimum absolute atomic E-state index is 0.332. The van der Waals surface area contributed by atoms with Gasteiger partial charge in [-0.15, -0.1) is 0 Å². The molecule has 0 aromatic heterocycles. The van der Waals surface area contributed by atoms with Gasteiger partial charge in [0.25, 0.3) is 0 Å². The molecule has 1 saturated heterocycles. The number of hydrogen-bond acceptors (Lipinski definition) is 3. The summed E-state index contributed by atoms with van der Waals surface area (Å²) in [7, 11) is 0. The van der Waals surface area contributed by atoms with Crippen molar-refractivity contribution in [2.45, 2.75) is 6.42 Å². The molecule has 0 spiro atoms. The molecule has 1 aliphatic heterocycles. The second kappa shape index (κ2) is 3.21. The van der Waals surface area contributed by atoms with Crippen molar-refractivity contribution >= 4 is 17.3 Å². The Labute approximate surface area is 81.9 Å². The first kappa shape index (κ1) is 8.87. The molecule has 0 unspecified atom stereocenters. The Morgan fingerprint density at radius 2 is 2.14 bits per heavy atom. The lowest BCUT2D eigenvalue weighted by Crippen LogP contribution is -2.38. The Hall–Kier alpha value is -1.71. The topological polar surface area (TPSA) is 66.6 Å². The summed E-state index contributed by atoms with van der Waals surface area (Å²) in [5.41, 5.74) is 7.30. The van der Waals surface area contributed by atoms with Crippen molar-refractivity contribution < 1.29 is 9.90 Å². The van der Waals surface area contributed by atoms with Gasteiger partial charge in [0.15, 0.2) is 0 Å². The highest BCUT2D eigenvalue weighted by molar-refractivity contribution is 5.95. The van der Waals surface area contributed by atoms with Crippen LogP contribution in [-0.4, -0.2) is 24.2 Å². The Bertz CT molecular complexity index is 372. The lowest BCUT2D eigenvalue weighted by atomic mass is 10.1. The highest BCUT2D eigenvalue weighted by Crippen LogP contribution is 2.27. The van der Waals surface area contributed by atoms with E-state index in [1.807, 2.05) is 4.90 Å². The number of benzene rings is 1. The van der Waals surface area contributed by atoms with E-state index in [0.717, 1.165) is 25.2 Å². The zero-order valence-corrected chi connectivity index (χ0v) is 7.73. The highest BCUT2D eigenvalue weighted by Gasteiger charge is 2.20. The third kappa shape index (κ3) is 1.39. The summed E-state index contributed by atoms with van der Waals surface area (Å²) in [5, 5.41) is 8.96. The minimum Gasteiger partial charge on any atom is -0.478 e. The zero-order chi connectivity index (χ0) is 10.1. The maximum Gasteiger partial charge on any atom is 0.337 e. The van der Waals surface area contributed by atoms with E-state index in [0.29, 0.717) is 11.3 Å². The van der Waals surface area contributed by atoms with Crippen LogP contribution < -0.4 is 10.6 Å². The van der Waals surface area contributed by atoms with Gasteiger partial charge in [0, 0.05) is 18.8 Å². The van der Waals surface area contributed by atoms with Gasteiger partial charge in [0.2, 0.25) is 0 Å². The van der Waals surface area contributed by atoms with E-state index in [1.165, 1.54) is 0 Å². The molecule has 2 rings (SSSR count). The molecule has 1 aliphatic rings. The van der Waals surface area contributed by atoms with E-state index in [9.17, 15) is 4.79 Å². The fraction of sp³-hybridized carbons (Fsp3) is 0.300. The SMILES string of the molecule is Nc1ccc(C(=O)O)c(N2CCC2)c1. The van der Waals surface area contributed by atoms with Gasteiger partial charge >= 0.3 is 5.97 Å². The number of hydrogen-bond donors (Lipinski definition) is 2. The standard InChI is InChI=1S/C10H12N2O2/c11-7-2-3-8(10(13)14)9(6-7)12-4-1-5-12/h2-3,6H,1,4-5,11H2,(H,13,14). The van der Waals surface area contributed by atoms with E-state index >= 15 is 0 Å². The van der Waals surface area contributed by atoms with E-state index in [-0.39, 0.29) is 0 Å². The van der Waals surface area contributed by atoms with Crippen molar-refractivity contribution in [2.75, 3.05) is 23.7 Å². The Balaban J connectivity index is 2.42. The number of carboxylic acid groups (broad SMARTS) is 1. The first-order chi connectivity index (χ1) is 6.68. The number of rotatable bonds is 2. The maximum atomic E-state index is 10.9. The first-order valence-electron chi connectivity index (χ1n) is 4.56. The highest BCUT2D eigenvalue weighted by atomic mass is 16.4. The predicted molar refractivity (Wildman–Crippen MR) is 54.6 cm³/mol. The quantitative estimate of drug-likeness (QED) is 0.690. The summed E-state index contributed by atoms with van der Waals surface area (Å²) in [4.78, 5) is 12.9. The monoisotopic (exact) mass is 192 g/mol. The van der Waals surface area contributed by atoms with E-state index < -0.39 is 5.97 Å². The molecule has 0 radical (unpaired) electrons. The molecule has 1 aromatic rings. The van der Waals surface area contributed by atoms with Gasteiger partial charge in [-0.2, -0.15) is 0 Å². The lowest BCUT2D eigenvalue weighted by molar-refractivity contribution is 0.0697. The van der Waals surface area contributed by atoms with Crippen molar-refractivity contribution in [3.63, 3.8) is 0 Å². The molecule has 1 fully saturated rings. The molecule has 0 saturated carbocycles. The van der Waals surface area contributed by atoms with Crippen LogP contribution in [0.15, 0.2) is 18.2 Å². The molecule has 4 heteroatoms. The molecular weight excluding hydrogens is 180 g/mol. The van der Waals surface area contributed by atoms with Crippen LogP contribution in [0.1, 0.15) is 16.8 Å². The van der Waals surface area contributed by atoms with Crippen LogP contribution in [-0.2, 0) is 0 Å². The molecule has 0 aliphatic carbocycles. The normalized spacial score (nSPS) is 15.0. The van der Waals surface area contributed by atoms with Gasteiger partial charge in [0.05, 0.1) is 11.3 Å². The molecule has 0 atom stereocenters. The molecule has 3 N–H and O–H groups in total. The maximum absolute atomic E-state index is 10.9. The van der Waals surface area contributed by atoms with Crippen molar-refractivity contribution in [3.05, 3.63) is 23.8 Å². The third-order valence-corrected chi connectivity index (χ3v) is 2.45. The summed E-state index contributed by atoms with van der Waals surface area (Å²) in [6.07, 6.45) is 1.12. The summed E-state index contributed by atoms with van der Waals surface area (Å²) >= 11 is 0. The van der Waals surface area contributed by atoms with Crippen LogP contribution in [0, 0.1) is 0 Å². The van der Waals surface area contributed by atoms with E-state index in [4.69, 9.17) is 10.8 Å². The molecule has 1 aromatic carbocycles. The van der Waals surface area contributed by atoms with E-state index in [1.54, 1.807) is 18.2 Å². The van der Waals surface area contributed by atoms with Gasteiger partial charge < -0.3 is 15.7 Å².